The van der Waals surface area contributed by atoms with Gasteiger partial charge in [-0.3, -0.25) is 0 Å². The molecule has 0 saturated heterocycles. The topological polar surface area (TPSA) is 8.17 Å². The van der Waals surface area contributed by atoms with Crippen LogP contribution in [0, 0.1) is 5.92 Å². The zero-order chi connectivity index (χ0) is 16.2. The SMILES string of the molecule is CCN(CC)CCC(C)Cn1c2ccccc2c2ccccc21. The number of nitrogens with zero attached hydrogens (tertiary/aromatic N) is 2. The lowest BCUT2D eigenvalue weighted by Gasteiger charge is -2.21. The molecule has 2 aromatic carbocycles. The van der Waals surface area contributed by atoms with Gasteiger partial charge in [-0.1, -0.05) is 57.2 Å². The highest BCUT2D eigenvalue weighted by atomic mass is 15.1. The van der Waals surface area contributed by atoms with E-state index < -0.39 is 0 Å². The van der Waals surface area contributed by atoms with Crippen molar-refractivity contribution in [3.63, 3.8) is 0 Å². The minimum absolute atomic E-state index is 0.676. The van der Waals surface area contributed by atoms with Crippen LogP contribution in [-0.4, -0.2) is 29.1 Å². The fraction of sp³-hybridized carbons (Fsp3) is 0.429. The van der Waals surface area contributed by atoms with Crippen LogP contribution in [0.4, 0.5) is 0 Å². The largest absolute Gasteiger partial charge is 0.340 e. The van der Waals surface area contributed by atoms with Crippen molar-refractivity contribution in [3.05, 3.63) is 48.5 Å². The van der Waals surface area contributed by atoms with Gasteiger partial charge in [-0.15, -0.1) is 0 Å². The second-order valence-corrected chi connectivity index (χ2v) is 6.57. The molecule has 0 radical (unpaired) electrons. The molecular formula is C21H28N2. The van der Waals surface area contributed by atoms with Gasteiger partial charge >= 0.3 is 0 Å². The lowest BCUT2D eigenvalue weighted by atomic mass is 10.1. The van der Waals surface area contributed by atoms with Crippen LogP contribution in [0.2, 0.25) is 0 Å². The molecule has 0 saturated carbocycles. The van der Waals surface area contributed by atoms with E-state index in [-0.39, 0.29) is 0 Å². The molecule has 2 heteroatoms. The summed E-state index contributed by atoms with van der Waals surface area (Å²) >= 11 is 0. The van der Waals surface area contributed by atoms with Crippen molar-refractivity contribution in [2.75, 3.05) is 19.6 Å². The van der Waals surface area contributed by atoms with Gasteiger partial charge in [0.15, 0.2) is 0 Å². The monoisotopic (exact) mass is 308 g/mol. The Morgan fingerprint density at radius 1 is 0.870 bits per heavy atom. The summed E-state index contributed by atoms with van der Waals surface area (Å²) in [5.41, 5.74) is 2.73. The molecule has 1 unspecified atom stereocenters. The van der Waals surface area contributed by atoms with Crippen molar-refractivity contribution in [3.8, 4) is 0 Å². The quantitative estimate of drug-likeness (QED) is 0.585. The lowest BCUT2D eigenvalue weighted by Crippen LogP contribution is -2.26. The Hall–Kier alpha value is -1.80. The molecule has 0 N–H and O–H groups in total. The zero-order valence-corrected chi connectivity index (χ0v) is 14.6. The molecule has 1 atom stereocenters. The summed E-state index contributed by atoms with van der Waals surface area (Å²) < 4.78 is 2.51. The summed E-state index contributed by atoms with van der Waals surface area (Å²) in [4.78, 5) is 2.52. The van der Waals surface area contributed by atoms with Gasteiger partial charge in [0.25, 0.3) is 0 Å². The summed E-state index contributed by atoms with van der Waals surface area (Å²) in [6.45, 7) is 11.5. The number of hydrogen-bond donors (Lipinski definition) is 0. The van der Waals surface area contributed by atoms with E-state index in [0.29, 0.717) is 5.92 Å². The molecule has 0 aliphatic rings. The third kappa shape index (κ3) is 3.28. The van der Waals surface area contributed by atoms with Crippen LogP contribution < -0.4 is 0 Å². The molecular weight excluding hydrogens is 280 g/mol. The molecule has 1 aromatic heterocycles. The molecule has 0 bridgehead atoms. The molecule has 0 spiro atoms. The van der Waals surface area contributed by atoms with Crippen molar-refractivity contribution in [2.45, 2.75) is 33.7 Å². The highest BCUT2D eigenvalue weighted by molar-refractivity contribution is 6.07. The van der Waals surface area contributed by atoms with Crippen LogP contribution >= 0.6 is 0 Å². The minimum atomic E-state index is 0.676. The summed E-state index contributed by atoms with van der Waals surface area (Å²) in [6, 6.07) is 17.6. The van der Waals surface area contributed by atoms with Crippen LogP contribution in [0.5, 0.6) is 0 Å². The molecule has 0 amide bonds. The molecule has 2 nitrogen and oxygen atoms in total. The normalized spacial score (nSPS) is 13.2. The number of aromatic nitrogens is 1. The van der Waals surface area contributed by atoms with E-state index in [1.165, 1.54) is 34.8 Å². The Balaban J connectivity index is 1.86. The van der Waals surface area contributed by atoms with Crippen LogP contribution in [0.3, 0.4) is 0 Å². The van der Waals surface area contributed by atoms with Gasteiger partial charge in [0, 0.05) is 28.4 Å². The van der Waals surface area contributed by atoms with E-state index in [1.54, 1.807) is 0 Å². The maximum absolute atomic E-state index is 2.52. The fourth-order valence-electron chi connectivity index (χ4n) is 3.55. The number of benzene rings is 2. The highest BCUT2D eigenvalue weighted by Gasteiger charge is 2.12. The van der Waals surface area contributed by atoms with Crippen molar-refractivity contribution >= 4 is 21.8 Å². The van der Waals surface area contributed by atoms with Crippen LogP contribution in [0.15, 0.2) is 48.5 Å². The first-order valence-corrected chi connectivity index (χ1v) is 8.92. The molecule has 0 aliphatic carbocycles. The minimum Gasteiger partial charge on any atom is -0.340 e. The molecule has 1 heterocycles. The predicted octanol–water partition coefficient (Wildman–Crippen LogP) is 5.16. The van der Waals surface area contributed by atoms with Gasteiger partial charge in [0.2, 0.25) is 0 Å². The van der Waals surface area contributed by atoms with E-state index >= 15 is 0 Å². The Bertz CT molecular complexity index is 714. The maximum Gasteiger partial charge on any atom is 0.0491 e. The summed E-state index contributed by atoms with van der Waals surface area (Å²) in [6.07, 6.45) is 1.25. The summed E-state index contributed by atoms with van der Waals surface area (Å²) in [7, 11) is 0. The average molecular weight is 308 g/mol. The highest BCUT2D eigenvalue weighted by Crippen LogP contribution is 2.29. The number of fused-ring (bicyclic) bond motifs is 3. The number of rotatable bonds is 7. The second-order valence-electron chi connectivity index (χ2n) is 6.57. The van der Waals surface area contributed by atoms with Gasteiger partial charge in [-0.25, -0.2) is 0 Å². The number of hydrogen-bond acceptors (Lipinski definition) is 1. The van der Waals surface area contributed by atoms with Crippen LogP contribution in [-0.2, 0) is 6.54 Å². The van der Waals surface area contributed by atoms with Crippen LogP contribution in [0.25, 0.3) is 21.8 Å². The van der Waals surface area contributed by atoms with E-state index in [4.69, 9.17) is 0 Å². The first-order valence-electron chi connectivity index (χ1n) is 8.92. The number of para-hydroxylation sites is 2. The molecule has 0 fully saturated rings. The van der Waals surface area contributed by atoms with Gasteiger partial charge in [0.05, 0.1) is 0 Å². The smallest absolute Gasteiger partial charge is 0.0491 e. The molecule has 23 heavy (non-hydrogen) atoms. The third-order valence-electron chi connectivity index (χ3n) is 5.01. The lowest BCUT2D eigenvalue weighted by molar-refractivity contribution is 0.273. The van der Waals surface area contributed by atoms with E-state index in [2.05, 4.69) is 78.8 Å². The van der Waals surface area contributed by atoms with Crippen molar-refractivity contribution in [2.24, 2.45) is 5.92 Å². The first kappa shape index (κ1) is 16.1. The predicted molar refractivity (Wildman–Crippen MR) is 101 cm³/mol. The van der Waals surface area contributed by atoms with E-state index in [1.807, 2.05) is 0 Å². The van der Waals surface area contributed by atoms with E-state index in [0.717, 1.165) is 19.6 Å². The molecule has 122 valence electrons. The maximum atomic E-state index is 2.52. The first-order chi connectivity index (χ1) is 11.2. The average Bonchev–Trinajstić information content (AvgIpc) is 2.90. The Morgan fingerprint density at radius 3 is 1.91 bits per heavy atom. The summed E-state index contributed by atoms with van der Waals surface area (Å²) in [5.74, 6) is 0.676. The third-order valence-corrected chi connectivity index (χ3v) is 5.01. The molecule has 3 rings (SSSR count). The van der Waals surface area contributed by atoms with Gasteiger partial charge < -0.3 is 9.47 Å². The van der Waals surface area contributed by atoms with Gasteiger partial charge in [-0.2, -0.15) is 0 Å². The van der Waals surface area contributed by atoms with Crippen molar-refractivity contribution in [1.29, 1.82) is 0 Å². The van der Waals surface area contributed by atoms with Gasteiger partial charge in [-0.05, 0) is 44.1 Å². The fourth-order valence-corrected chi connectivity index (χ4v) is 3.55. The van der Waals surface area contributed by atoms with E-state index in [9.17, 15) is 0 Å². The Morgan fingerprint density at radius 2 is 1.39 bits per heavy atom. The van der Waals surface area contributed by atoms with Crippen molar-refractivity contribution < 1.29 is 0 Å². The summed E-state index contributed by atoms with van der Waals surface area (Å²) in [5, 5.41) is 2.75. The second kappa shape index (κ2) is 7.18. The van der Waals surface area contributed by atoms with Gasteiger partial charge in [0.1, 0.15) is 0 Å². The zero-order valence-electron chi connectivity index (χ0n) is 14.6. The van der Waals surface area contributed by atoms with Crippen LogP contribution in [0.1, 0.15) is 27.2 Å². The van der Waals surface area contributed by atoms with Crippen molar-refractivity contribution in [1.82, 2.24) is 9.47 Å². The molecule has 0 aliphatic heterocycles. The molecule has 3 aromatic rings. The standard InChI is InChI=1S/C21H28N2/c1-4-22(5-2)15-14-17(3)16-23-20-12-8-6-10-18(20)19-11-7-9-13-21(19)23/h6-13,17H,4-5,14-16H2,1-3H3. The Kier molecular flexibility index (Phi) is 5.02. The Labute approximate surface area is 139 Å².